The van der Waals surface area contributed by atoms with E-state index in [4.69, 9.17) is 40.1 Å². The Morgan fingerprint density at radius 2 is 1.67 bits per heavy atom. The third-order valence-corrected chi connectivity index (χ3v) is 3.15. The van der Waals surface area contributed by atoms with Gasteiger partial charge in [-0.3, -0.25) is 0 Å². The van der Waals surface area contributed by atoms with E-state index in [1.165, 1.54) is 0 Å². The Labute approximate surface area is 105 Å². The summed E-state index contributed by atoms with van der Waals surface area (Å²) in [5, 5.41) is 10.0. The molecule has 1 nitrogen and oxygen atoms in total. The quantitative estimate of drug-likeness (QED) is 0.560. The monoisotopic (exact) mass is 261 g/mol. The van der Waals surface area contributed by atoms with Crippen LogP contribution >= 0.6 is 34.8 Å². The lowest BCUT2D eigenvalue weighted by molar-refractivity contribution is 0.753. The molecule has 15 heavy (non-hydrogen) atoms. The first kappa shape index (κ1) is 12.6. The number of hydrogen-bond donors (Lipinski definition) is 0. The van der Waals surface area contributed by atoms with Gasteiger partial charge in [0, 0.05) is 11.4 Å². The molecular weight excluding hydrogens is 252 g/mol. The van der Waals surface area contributed by atoms with Crippen molar-refractivity contribution in [2.75, 3.05) is 0 Å². The van der Waals surface area contributed by atoms with E-state index in [2.05, 4.69) is 6.07 Å². The van der Waals surface area contributed by atoms with Gasteiger partial charge in [-0.15, -0.1) is 0 Å². The first-order valence-electron chi connectivity index (χ1n) is 4.65. The van der Waals surface area contributed by atoms with E-state index < -0.39 is 0 Å². The maximum absolute atomic E-state index is 8.38. The molecular formula is C11H10Cl3N. The highest BCUT2D eigenvalue weighted by Crippen LogP contribution is 2.29. The summed E-state index contributed by atoms with van der Waals surface area (Å²) in [6.07, 6.45) is 3.23. The van der Waals surface area contributed by atoms with Gasteiger partial charge in [-0.2, -0.15) is 5.26 Å². The third-order valence-electron chi connectivity index (χ3n) is 2.07. The number of halogens is 3. The molecule has 0 bridgehead atoms. The molecule has 0 saturated carbocycles. The van der Waals surface area contributed by atoms with Gasteiger partial charge in [0.1, 0.15) is 0 Å². The Morgan fingerprint density at radius 3 is 2.33 bits per heavy atom. The number of hydrogen-bond acceptors (Lipinski definition) is 1. The van der Waals surface area contributed by atoms with Crippen molar-refractivity contribution in [1.29, 1.82) is 5.26 Å². The maximum Gasteiger partial charge on any atom is 0.0621 e. The van der Waals surface area contributed by atoms with Crippen LogP contribution in [0.4, 0.5) is 0 Å². The van der Waals surface area contributed by atoms with Crippen molar-refractivity contribution in [3.05, 3.63) is 32.8 Å². The van der Waals surface area contributed by atoms with Crippen molar-refractivity contribution >= 4 is 34.8 Å². The fourth-order valence-electron chi connectivity index (χ4n) is 1.27. The van der Waals surface area contributed by atoms with Crippen LogP contribution in [0.2, 0.25) is 15.1 Å². The van der Waals surface area contributed by atoms with E-state index in [-0.39, 0.29) is 0 Å². The Morgan fingerprint density at radius 1 is 1.00 bits per heavy atom. The van der Waals surface area contributed by atoms with Crippen LogP contribution in [-0.2, 0) is 6.42 Å². The van der Waals surface area contributed by atoms with E-state index in [0.717, 1.165) is 24.8 Å². The molecule has 0 fully saturated rings. The summed E-state index contributed by atoms with van der Waals surface area (Å²) in [6.45, 7) is 0. The van der Waals surface area contributed by atoms with Gasteiger partial charge >= 0.3 is 0 Å². The predicted molar refractivity (Wildman–Crippen MR) is 64.6 cm³/mol. The summed E-state index contributed by atoms with van der Waals surface area (Å²) < 4.78 is 0. The van der Waals surface area contributed by atoms with Crippen LogP contribution in [0.3, 0.4) is 0 Å². The molecule has 0 spiro atoms. The molecule has 0 N–H and O–H groups in total. The number of nitriles is 1. The van der Waals surface area contributed by atoms with Crippen LogP contribution in [0.25, 0.3) is 0 Å². The van der Waals surface area contributed by atoms with Gasteiger partial charge in [-0.1, -0.05) is 34.8 Å². The number of rotatable bonds is 4. The second-order valence-corrected chi connectivity index (χ2v) is 4.44. The molecule has 0 radical (unpaired) electrons. The third kappa shape index (κ3) is 3.91. The minimum atomic E-state index is 0.474. The largest absolute Gasteiger partial charge is 0.198 e. The molecule has 1 aromatic carbocycles. The maximum atomic E-state index is 8.38. The molecule has 0 aliphatic rings. The number of aryl methyl sites for hydroxylation is 1. The lowest BCUT2D eigenvalue weighted by atomic mass is 10.1. The SMILES string of the molecule is N#CCCCCc1cc(Cl)c(Cl)cc1Cl. The summed E-state index contributed by atoms with van der Waals surface area (Å²) in [4.78, 5) is 0. The smallest absolute Gasteiger partial charge is 0.0621 e. The molecule has 0 aliphatic heterocycles. The van der Waals surface area contributed by atoms with Crippen molar-refractivity contribution in [2.45, 2.75) is 25.7 Å². The zero-order valence-electron chi connectivity index (χ0n) is 8.06. The Bertz CT molecular complexity index is 382. The highest BCUT2D eigenvalue weighted by molar-refractivity contribution is 6.43. The van der Waals surface area contributed by atoms with Crippen LogP contribution in [0, 0.1) is 11.3 Å². The Kier molecular flexibility index (Phi) is 5.25. The van der Waals surface area contributed by atoms with Crippen molar-refractivity contribution in [1.82, 2.24) is 0 Å². The molecule has 0 heterocycles. The molecule has 0 saturated heterocycles. The number of nitrogens with zero attached hydrogens (tertiary/aromatic N) is 1. The highest BCUT2D eigenvalue weighted by atomic mass is 35.5. The van der Waals surface area contributed by atoms with Crippen molar-refractivity contribution in [2.24, 2.45) is 0 Å². The van der Waals surface area contributed by atoms with E-state index in [9.17, 15) is 0 Å². The van der Waals surface area contributed by atoms with Crippen LogP contribution in [0.1, 0.15) is 24.8 Å². The second-order valence-electron chi connectivity index (χ2n) is 3.22. The molecule has 0 unspecified atom stereocenters. The molecule has 0 atom stereocenters. The van der Waals surface area contributed by atoms with Crippen molar-refractivity contribution < 1.29 is 0 Å². The fourth-order valence-corrected chi connectivity index (χ4v) is 1.94. The highest BCUT2D eigenvalue weighted by Gasteiger charge is 2.05. The normalized spacial score (nSPS) is 10.0. The molecule has 0 aromatic heterocycles. The first-order valence-corrected chi connectivity index (χ1v) is 5.79. The van der Waals surface area contributed by atoms with Crippen molar-refractivity contribution in [3.63, 3.8) is 0 Å². The Balaban J connectivity index is 2.62. The van der Waals surface area contributed by atoms with E-state index in [0.29, 0.717) is 21.5 Å². The molecule has 80 valence electrons. The van der Waals surface area contributed by atoms with Crippen LogP contribution in [-0.4, -0.2) is 0 Å². The van der Waals surface area contributed by atoms with Gasteiger partial charge in [-0.05, 0) is 37.0 Å². The zero-order valence-corrected chi connectivity index (χ0v) is 10.3. The summed E-state index contributed by atoms with van der Waals surface area (Å²) in [6, 6.07) is 5.56. The minimum absolute atomic E-state index is 0.474. The molecule has 4 heteroatoms. The summed E-state index contributed by atoms with van der Waals surface area (Å²) in [5.41, 5.74) is 0.990. The second kappa shape index (κ2) is 6.23. The van der Waals surface area contributed by atoms with Gasteiger partial charge < -0.3 is 0 Å². The van der Waals surface area contributed by atoms with Gasteiger partial charge in [0.05, 0.1) is 16.1 Å². The average Bonchev–Trinajstić information content (AvgIpc) is 2.20. The topological polar surface area (TPSA) is 23.8 Å². The van der Waals surface area contributed by atoms with Gasteiger partial charge in [0.25, 0.3) is 0 Å². The van der Waals surface area contributed by atoms with E-state index in [1.807, 2.05) is 0 Å². The molecule has 1 rings (SSSR count). The molecule has 0 amide bonds. The van der Waals surface area contributed by atoms with Gasteiger partial charge in [0.2, 0.25) is 0 Å². The first-order chi connectivity index (χ1) is 7.15. The summed E-state index contributed by atoms with van der Waals surface area (Å²) >= 11 is 17.7. The van der Waals surface area contributed by atoms with Gasteiger partial charge in [-0.25, -0.2) is 0 Å². The van der Waals surface area contributed by atoms with Gasteiger partial charge in [0.15, 0.2) is 0 Å². The lowest BCUT2D eigenvalue weighted by Gasteiger charge is -2.05. The van der Waals surface area contributed by atoms with Crippen LogP contribution in [0.5, 0.6) is 0 Å². The lowest BCUT2D eigenvalue weighted by Crippen LogP contribution is -1.88. The molecule has 0 aliphatic carbocycles. The predicted octanol–water partition coefficient (Wildman–Crippen LogP) is 4.88. The minimum Gasteiger partial charge on any atom is -0.198 e. The van der Waals surface area contributed by atoms with Crippen LogP contribution in [0.15, 0.2) is 12.1 Å². The molecule has 1 aromatic rings. The Hall–Kier alpha value is -0.420. The van der Waals surface area contributed by atoms with E-state index in [1.54, 1.807) is 12.1 Å². The van der Waals surface area contributed by atoms with Crippen LogP contribution < -0.4 is 0 Å². The zero-order chi connectivity index (χ0) is 11.3. The number of benzene rings is 1. The number of unbranched alkanes of at least 4 members (excludes halogenated alkanes) is 2. The van der Waals surface area contributed by atoms with Crippen molar-refractivity contribution in [3.8, 4) is 6.07 Å². The van der Waals surface area contributed by atoms with E-state index >= 15 is 0 Å². The summed E-state index contributed by atoms with van der Waals surface area (Å²) in [5.74, 6) is 0. The summed E-state index contributed by atoms with van der Waals surface area (Å²) in [7, 11) is 0. The standard InChI is InChI=1S/C11H10Cl3N/c12-9-7-11(14)10(13)6-8(9)4-2-1-3-5-15/h6-7H,1-4H2. The fraction of sp³-hybridized carbons (Fsp3) is 0.364. The average molecular weight is 263 g/mol.